The molecule has 0 atom stereocenters. The van der Waals surface area contributed by atoms with E-state index in [1.165, 1.54) is 30.5 Å². The van der Waals surface area contributed by atoms with E-state index in [4.69, 9.17) is 9.15 Å². The maximum Gasteiger partial charge on any atom is 0.273 e. The van der Waals surface area contributed by atoms with Crippen molar-refractivity contribution >= 4 is 5.91 Å². The Morgan fingerprint density at radius 1 is 1.38 bits per heavy atom. The number of amides is 1. The standard InChI is InChI=1S/C16H15FN4O3/c1-21-7-6-18-14(21)8-19-16(22)13-9-24-15(20-13)10-23-12-4-2-11(17)3-5-12/h2-7,9H,8,10H2,1H3,(H,19,22). The van der Waals surface area contributed by atoms with Gasteiger partial charge in [0.1, 0.15) is 23.7 Å². The van der Waals surface area contributed by atoms with E-state index in [9.17, 15) is 9.18 Å². The minimum Gasteiger partial charge on any atom is -0.484 e. The first-order chi connectivity index (χ1) is 11.6. The third-order valence-corrected chi connectivity index (χ3v) is 3.29. The van der Waals surface area contributed by atoms with Gasteiger partial charge in [0.05, 0.1) is 6.54 Å². The fourth-order valence-corrected chi connectivity index (χ4v) is 1.97. The highest BCUT2D eigenvalue weighted by Gasteiger charge is 2.13. The molecule has 2 heterocycles. The van der Waals surface area contributed by atoms with Crippen molar-refractivity contribution in [3.63, 3.8) is 0 Å². The van der Waals surface area contributed by atoms with Crippen molar-refractivity contribution in [1.29, 1.82) is 0 Å². The summed E-state index contributed by atoms with van der Waals surface area (Å²) in [7, 11) is 1.84. The van der Waals surface area contributed by atoms with Gasteiger partial charge in [-0.2, -0.15) is 0 Å². The van der Waals surface area contributed by atoms with Gasteiger partial charge >= 0.3 is 0 Å². The third kappa shape index (κ3) is 3.78. The number of halogens is 1. The van der Waals surface area contributed by atoms with Crippen molar-refractivity contribution in [1.82, 2.24) is 19.9 Å². The van der Waals surface area contributed by atoms with Crippen LogP contribution in [0.25, 0.3) is 0 Å². The Labute approximate surface area is 137 Å². The van der Waals surface area contributed by atoms with Crippen molar-refractivity contribution in [3.05, 3.63) is 66.1 Å². The Balaban J connectivity index is 1.53. The molecule has 3 rings (SSSR count). The Morgan fingerprint density at radius 3 is 2.88 bits per heavy atom. The maximum absolute atomic E-state index is 12.8. The summed E-state index contributed by atoms with van der Waals surface area (Å²) in [5.41, 5.74) is 0.155. The summed E-state index contributed by atoms with van der Waals surface area (Å²) in [6.45, 7) is 0.328. The van der Waals surface area contributed by atoms with Gasteiger partial charge in [-0.1, -0.05) is 0 Å². The summed E-state index contributed by atoms with van der Waals surface area (Å²) >= 11 is 0. The van der Waals surface area contributed by atoms with Gasteiger partial charge in [0.2, 0.25) is 5.89 Å². The summed E-state index contributed by atoms with van der Waals surface area (Å²) in [5.74, 6) is 0.753. The summed E-state index contributed by atoms with van der Waals surface area (Å²) in [5, 5.41) is 2.71. The molecule has 0 saturated carbocycles. The summed E-state index contributed by atoms with van der Waals surface area (Å²) in [6, 6.07) is 5.58. The largest absolute Gasteiger partial charge is 0.484 e. The number of carbonyl (C=O) groups is 1. The number of aryl methyl sites for hydroxylation is 1. The minimum absolute atomic E-state index is 0.0400. The molecule has 0 aliphatic carbocycles. The molecule has 1 amide bonds. The average Bonchev–Trinajstić information content (AvgIpc) is 3.21. The lowest BCUT2D eigenvalue weighted by Gasteiger charge is -2.03. The molecular formula is C16H15FN4O3. The zero-order valence-electron chi connectivity index (χ0n) is 12.9. The monoisotopic (exact) mass is 330 g/mol. The highest BCUT2D eigenvalue weighted by molar-refractivity contribution is 5.91. The van der Waals surface area contributed by atoms with E-state index in [-0.39, 0.29) is 36.5 Å². The Kier molecular flexibility index (Phi) is 4.55. The molecule has 0 fully saturated rings. The van der Waals surface area contributed by atoms with Gasteiger partial charge in [0.15, 0.2) is 12.3 Å². The number of hydrogen-bond donors (Lipinski definition) is 1. The Hall–Kier alpha value is -3.16. The van der Waals surface area contributed by atoms with Crippen LogP contribution < -0.4 is 10.1 Å². The fraction of sp³-hybridized carbons (Fsp3) is 0.188. The fourth-order valence-electron chi connectivity index (χ4n) is 1.97. The number of nitrogens with zero attached hydrogens (tertiary/aromatic N) is 3. The maximum atomic E-state index is 12.8. The summed E-state index contributed by atoms with van der Waals surface area (Å²) in [4.78, 5) is 20.2. The number of ether oxygens (including phenoxy) is 1. The molecule has 7 nitrogen and oxygen atoms in total. The SMILES string of the molecule is Cn1ccnc1CNC(=O)c1coc(COc2ccc(F)cc2)n1. The molecule has 0 radical (unpaired) electrons. The number of oxazole rings is 1. The van der Waals surface area contributed by atoms with E-state index in [0.29, 0.717) is 5.75 Å². The molecule has 0 saturated heterocycles. The van der Waals surface area contributed by atoms with Gasteiger partial charge in [-0.3, -0.25) is 4.79 Å². The Morgan fingerprint density at radius 2 is 2.17 bits per heavy atom. The van der Waals surface area contributed by atoms with Crippen LogP contribution in [-0.4, -0.2) is 20.4 Å². The lowest BCUT2D eigenvalue weighted by molar-refractivity contribution is 0.0944. The van der Waals surface area contributed by atoms with E-state index >= 15 is 0 Å². The lowest BCUT2D eigenvalue weighted by Crippen LogP contribution is -2.24. The van der Waals surface area contributed by atoms with Gasteiger partial charge in [0.25, 0.3) is 5.91 Å². The van der Waals surface area contributed by atoms with Crippen LogP contribution in [0.2, 0.25) is 0 Å². The molecule has 0 aliphatic rings. The number of rotatable bonds is 6. The first-order valence-corrected chi connectivity index (χ1v) is 7.19. The first kappa shape index (κ1) is 15.7. The molecule has 1 N–H and O–H groups in total. The van der Waals surface area contributed by atoms with Gasteiger partial charge in [0, 0.05) is 19.4 Å². The molecule has 0 bridgehead atoms. The number of hydrogen-bond acceptors (Lipinski definition) is 5. The van der Waals surface area contributed by atoms with Crippen LogP contribution >= 0.6 is 0 Å². The second-order valence-electron chi connectivity index (χ2n) is 5.01. The van der Waals surface area contributed by atoms with Crippen molar-refractivity contribution in [2.45, 2.75) is 13.2 Å². The smallest absolute Gasteiger partial charge is 0.273 e. The molecular weight excluding hydrogens is 315 g/mol. The molecule has 24 heavy (non-hydrogen) atoms. The van der Waals surface area contributed by atoms with Crippen LogP contribution in [0, 0.1) is 5.82 Å². The number of carbonyl (C=O) groups excluding carboxylic acids is 1. The van der Waals surface area contributed by atoms with E-state index in [0.717, 1.165) is 5.82 Å². The molecule has 8 heteroatoms. The van der Waals surface area contributed by atoms with Gasteiger partial charge in [-0.05, 0) is 24.3 Å². The molecule has 0 aliphatic heterocycles. The van der Waals surface area contributed by atoms with Crippen LogP contribution in [0.1, 0.15) is 22.2 Å². The second kappa shape index (κ2) is 6.95. The number of nitrogens with one attached hydrogen (secondary N) is 1. The highest BCUT2D eigenvalue weighted by atomic mass is 19.1. The predicted octanol–water partition coefficient (Wildman–Crippen LogP) is 2.06. The van der Waals surface area contributed by atoms with Crippen LogP contribution in [0.3, 0.4) is 0 Å². The number of imidazole rings is 1. The van der Waals surface area contributed by atoms with Gasteiger partial charge < -0.3 is 19.0 Å². The van der Waals surface area contributed by atoms with E-state index in [1.807, 2.05) is 11.6 Å². The molecule has 0 unspecified atom stereocenters. The highest BCUT2D eigenvalue weighted by Crippen LogP contribution is 2.13. The topological polar surface area (TPSA) is 82.2 Å². The zero-order chi connectivity index (χ0) is 16.9. The second-order valence-corrected chi connectivity index (χ2v) is 5.01. The minimum atomic E-state index is -0.366. The molecule has 0 spiro atoms. The lowest BCUT2D eigenvalue weighted by atomic mass is 10.3. The molecule has 1 aromatic carbocycles. The zero-order valence-corrected chi connectivity index (χ0v) is 12.9. The number of aromatic nitrogens is 3. The Bertz CT molecular complexity index is 826. The molecule has 124 valence electrons. The van der Waals surface area contributed by atoms with Crippen LogP contribution in [-0.2, 0) is 20.2 Å². The average molecular weight is 330 g/mol. The number of benzene rings is 1. The van der Waals surface area contributed by atoms with Crippen LogP contribution in [0.4, 0.5) is 4.39 Å². The van der Waals surface area contributed by atoms with Crippen molar-refractivity contribution in [3.8, 4) is 5.75 Å². The normalized spacial score (nSPS) is 10.6. The summed E-state index contributed by atoms with van der Waals surface area (Å²) < 4.78 is 25.2. The predicted molar refractivity (Wildman–Crippen MR) is 81.6 cm³/mol. The van der Waals surface area contributed by atoms with Crippen molar-refractivity contribution in [2.75, 3.05) is 0 Å². The van der Waals surface area contributed by atoms with Crippen LogP contribution in [0.15, 0.2) is 47.3 Å². The van der Waals surface area contributed by atoms with E-state index in [2.05, 4.69) is 15.3 Å². The molecule has 3 aromatic rings. The first-order valence-electron chi connectivity index (χ1n) is 7.19. The van der Waals surface area contributed by atoms with Crippen molar-refractivity contribution in [2.24, 2.45) is 7.05 Å². The van der Waals surface area contributed by atoms with Crippen molar-refractivity contribution < 1.29 is 18.3 Å². The third-order valence-electron chi connectivity index (χ3n) is 3.29. The van der Waals surface area contributed by atoms with E-state index in [1.54, 1.807) is 12.4 Å². The van der Waals surface area contributed by atoms with E-state index < -0.39 is 0 Å². The molecule has 2 aromatic heterocycles. The summed E-state index contributed by atoms with van der Waals surface area (Å²) in [6.07, 6.45) is 4.71. The van der Waals surface area contributed by atoms with Gasteiger partial charge in [-0.25, -0.2) is 14.4 Å². The van der Waals surface area contributed by atoms with Crippen LogP contribution in [0.5, 0.6) is 5.75 Å². The quantitative estimate of drug-likeness (QED) is 0.748. The van der Waals surface area contributed by atoms with Gasteiger partial charge in [-0.15, -0.1) is 0 Å².